The Labute approximate surface area is 196 Å². The lowest BCUT2D eigenvalue weighted by atomic mass is 10.1. The summed E-state index contributed by atoms with van der Waals surface area (Å²) in [4.78, 5) is 32.0. The smallest absolute Gasteiger partial charge is 0.354 e. The van der Waals surface area contributed by atoms with Crippen LogP contribution < -0.4 is 5.56 Å². The zero-order chi connectivity index (χ0) is 24.8. The molecule has 0 aliphatic rings. The van der Waals surface area contributed by atoms with Gasteiger partial charge in [0.2, 0.25) is 9.84 Å². The van der Waals surface area contributed by atoms with E-state index in [4.69, 9.17) is 5.11 Å². The van der Waals surface area contributed by atoms with Gasteiger partial charge < -0.3 is 9.67 Å². The lowest BCUT2D eigenvalue weighted by molar-refractivity contribution is 0.0689. The van der Waals surface area contributed by atoms with Gasteiger partial charge in [-0.1, -0.05) is 6.92 Å². The van der Waals surface area contributed by atoms with Crippen LogP contribution in [0.15, 0.2) is 63.4 Å². The normalized spacial score (nSPS) is 11.6. The van der Waals surface area contributed by atoms with Gasteiger partial charge >= 0.3 is 5.97 Å². The second-order valence-electron chi connectivity index (χ2n) is 8.15. The van der Waals surface area contributed by atoms with Gasteiger partial charge in [0.25, 0.3) is 5.56 Å². The highest BCUT2D eigenvalue weighted by Crippen LogP contribution is 2.30. The number of fused-ring (bicyclic) bond motifs is 1. The quantitative estimate of drug-likeness (QED) is 0.465. The molecule has 4 rings (SSSR count). The van der Waals surface area contributed by atoms with E-state index in [1.165, 1.54) is 23.0 Å². The van der Waals surface area contributed by atoms with Gasteiger partial charge in [0.15, 0.2) is 5.69 Å². The highest BCUT2D eigenvalue weighted by molar-refractivity contribution is 7.91. The molecule has 0 aliphatic heterocycles. The lowest BCUT2D eigenvalue weighted by Crippen LogP contribution is -2.20. The highest BCUT2D eigenvalue weighted by atomic mass is 32.2. The molecule has 0 radical (unpaired) electrons. The number of carboxylic acids is 1. The first-order chi connectivity index (χ1) is 16.0. The van der Waals surface area contributed by atoms with E-state index in [2.05, 4.69) is 9.97 Å². The van der Waals surface area contributed by atoms with E-state index in [1.807, 2.05) is 13.0 Å². The van der Waals surface area contributed by atoms with Crippen LogP contribution >= 0.6 is 0 Å². The van der Waals surface area contributed by atoms with Crippen molar-refractivity contribution in [2.24, 2.45) is 7.05 Å². The predicted molar refractivity (Wildman–Crippen MR) is 128 cm³/mol. The molecule has 3 aromatic heterocycles. The third-order valence-corrected chi connectivity index (χ3v) is 7.64. The Morgan fingerprint density at radius 1 is 1.03 bits per heavy atom. The summed E-state index contributed by atoms with van der Waals surface area (Å²) in [5, 5.41) is 9.64. The van der Waals surface area contributed by atoms with Gasteiger partial charge in [0.1, 0.15) is 0 Å². The number of aromatic carboxylic acids is 1. The number of aromatic nitrogens is 3. The Morgan fingerprint density at radius 2 is 1.76 bits per heavy atom. The van der Waals surface area contributed by atoms with Crippen LogP contribution in [0.1, 0.15) is 34.1 Å². The van der Waals surface area contributed by atoms with Crippen molar-refractivity contribution in [3.05, 3.63) is 81.5 Å². The Morgan fingerprint density at radius 3 is 2.35 bits per heavy atom. The first kappa shape index (κ1) is 23.3. The van der Waals surface area contributed by atoms with Crippen LogP contribution in [0, 0.1) is 13.8 Å². The van der Waals surface area contributed by atoms with E-state index in [0.717, 1.165) is 5.56 Å². The van der Waals surface area contributed by atoms with Crippen molar-refractivity contribution in [2.45, 2.75) is 37.0 Å². The Hall–Kier alpha value is -3.85. The molecule has 174 valence electrons. The summed E-state index contributed by atoms with van der Waals surface area (Å²) in [5.41, 5.74) is 3.12. The van der Waals surface area contributed by atoms with Crippen molar-refractivity contribution < 1.29 is 18.3 Å². The van der Waals surface area contributed by atoms with Gasteiger partial charge in [-0.3, -0.25) is 9.78 Å². The predicted octanol–water partition coefficient (Wildman–Crippen LogP) is 3.71. The van der Waals surface area contributed by atoms with Crippen LogP contribution in [0.2, 0.25) is 0 Å². The van der Waals surface area contributed by atoms with Gasteiger partial charge in [-0.05, 0) is 67.8 Å². The van der Waals surface area contributed by atoms with Crippen LogP contribution in [0.4, 0.5) is 0 Å². The zero-order valence-corrected chi connectivity index (χ0v) is 20.0. The summed E-state index contributed by atoms with van der Waals surface area (Å²) < 4.78 is 28.8. The number of pyridine rings is 3. The number of nitrogens with zero attached hydrogens (tertiary/aromatic N) is 3. The average Bonchev–Trinajstić information content (AvgIpc) is 2.82. The molecule has 4 aromatic rings. The van der Waals surface area contributed by atoms with Crippen molar-refractivity contribution >= 4 is 26.7 Å². The molecule has 9 heteroatoms. The molecule has 0 spiro atoms. The molecule has 0 bridgehead atoms. The molecular weight excluding hydrogens is 454 g/mol. The van der Waals surface area contributed by atoms with Gasteiger partial charge in [-0.15, -0.1) is 0 Å². The van der Waals surface area contributed by atoms with Crippen LogP contribution in [0.25, 0.3) is 22.2 Å². The molecule has 0 amide bonds. The number of carboxylic acid groups (broad SMARTS) is 1. The van der Waals surface area contributed by atoms with Gasteiger partial charge in [0, 0.05) is 36.0 Å². The molecule has 0 saturated heterocycles. The summed E-state index contributed by atoms with van der Waals surface area (Å²) in [6, 6.07) is 9.78. The maximum Gasteiger partial charge on any atom is 0.354 e. The highest BCUT2D eigenvalue weighted by Gasteiger charge is 2.23. The molecule has 8 nitrogen and oxygen atoms in total. The third-order valence-electron chi connectivity index (χ3n) is 5.87. The van der Waals surface area contributed by atoms with Crippen LogP contribution in [-0.4, -0.2) is 34.0 Å². The fourth-order valence-corrected chi connectivity index (χ4v) is 5.40. The minimum atomic E-state index is -3.94. The molecule has 3 heterocycles. The SMILES string of the molecule is CCc1cc(S(=O)(=O)c2ccc(-c3cnc(C(=O)O)c(C)c3)nc2)c2cc(C)c(=O)n(C)c2c1. The third kappa shape index (κ3) is 3.88. The number of benzene rings is 1. The minimum Gasteiger partial charge on any atom is -0.477 e. The zero-order valence-electron chi connectivity index (χ0n) is 19.2. The molecule has 0 unspecified atom stereocenters. The van der Waals surface area contributed by atoms with E-state index in [1.54, 1.807) is 45.2 Å². The molecule has 0 aliphatic carbocycles. The summed E-state index contributed by atoms with van der Waals surface area (Å²) >= 11 is 0. The molecule has 0 atom stereocenters. The number of hydrogen-bond donors (Lipinski definition) is 1. The average molecular weight is 478 g/mol. The number of hydrogen-bond acceptors (Lipinski definition) is 6. The topological polar surface area (TPSA) is 119 Å². The Balaban J connectivity index is 1.84. The summed E-state index contributed by atoms with van der Waals surface area (Å²) in [6.45, 7) is 5.22. The maximum absolute atomic E-state index is 13.6. The first-order valence-electron chi connectivity index (χ1n) is 10.6. The molecule has 1 N–H and O–H groups in total. The lowest BCUT2D eigenvalue weighted by Gasteiger charge is -2.14. The molecule has 0 saturated carbocycles. The van der Waals surface area contributed by atoms with Crippen LogP contribution in [-0.2, 0) is 23.3 Å². The monoisotopic (exact) mass is 477 g/mol. The molecular formula is C25H23N3O5S. The summed E-state index contributed by atoms with van der Waals surface area (Å²) in [5.74, 6) is -1.12. The van der Waals surface area contributed by atoms with Crippen molar-refractivity contribution in [1.29, 1.82) is 0 Å². The van der Waals surface area contributed by atoms with Crippen molar-refractivity contribution in [2.75, 3.05) is 0 Å². The number of carbonyl (C=O) groups is 1. The van der Waals surface area contributed by atoms with E-state index in [9.17, 15) is 18.0 Å². The van der Waals surface area contributed by atoms with E-state index < -0.39 is 15.8 Å². The molecule has 0 fully saturated rings. The summed E-state index contributed by atoms with van der Waals surface area (Å²) in [7, 11) is -2.31. The number of aryl methyl sites for hydroxylation is 4. The van der Waals surface area contributed by atoms with Crippen molar-refractivity contribution in [3.63, 3.8) is 0 Å². The fraction of sp³-hybridized carbons (Fsp3) is 0.200. The fourth-order valence-electron chi connectivity index (χ4n) is 3.94. The van der Waals surface area contributed by atoms with Gasteiger partial charge in [0.05, 0.1) is 21.0 Å². The largest absolute Gasteiger partial charge is 0.477 e. The minimum absolute atomic E-state index is 0.0177. The molecule has 1 aromatic carbocycles. The number of rotatable bonds is 5. The Kier molecular flexibility index (Phi) is 5.82. The second-order valence-corrected chi connectivity index (χ2v) is 10.1. The number of sulfone groups is 1. The van der Waals surface area contributed by atoms with Crippen molar-refractivity contribution in [1.82, 2.24) is 14.5 Å². The Bertz CT molecular complexity index is 1620. The van der Waals surface area contributed by atoms with Crippen LogP contribution in [0.5, 0.6) is 0 Å². The van der Waals surface area contributed by atoms with E-state index in [0.29, 0.717) is 39.7 Å². The van der Waals surface area contributed by atoms with Gasteiger partial charge in [-0.2, -0.15) is 0 Å². The van der Waals surface area contributed by atoms with Crippen molar-refractivity contribution in [3.8, 4) is 11.3 Å². The van der Waals surface area contributed by atoms with Crippen LogP contribution in [0.3, 0.4) is 0 Å². The first-order valence-corrected chi connectivity index (χ1v) is 12.1. The maximum atomic E-state index is 13.6. The van der Waals surface area contributed by atoms with E-state index >= 15 is 0 Å². The second kappa shape index (κ2) is 8.49. The summed E-state index contributed by atoms with van der Waals surface area (Å²) in [6.07, 6.45) is 3.29. The van der Waals surface area contributed by atoms with E-state index in [-0.39, 0.29) is 21.0 Å². The molecule has 34 heavy (non-hydrogen) atoms. The van der Waals surface area contributed by atoms with Gasteiger partial charge in [-0.25, -0.2) is 18.2 Å². The standard InChI is InChI=1S/C25H23N3O5S/c1-5-16-10-21-19(9-15(3)24(29)28(21)4)22(11-16)34(32,33)18-6-7-20(26-13-18)17-8-14(2)23(25(30)31)27-12-17/h6-13H,5H2,1-4H3,(H,30,31).